The highest BCUT2D eigenvalue weighted by Crippen LogP contribution is 2.07. The van der Waals surface area contributed by atoms with Gasteiger partial charge < -0.3 is 10.1 Å². The number of ether oxygens (including phenoxy) is 1. The molecule has 1 aliphatic heterocycles. The van der Waals surface area contributed by atoms with Gasteiger partial charge in [0.1, 0.15) is 0 Å². The van der Waals surface area contributed by atoms with Gasteiger partial charge in [-0.1, -0.05) is 0 Å². The van der Waals surface area contributed by atoms with E-state index >= 15 is 0 Å². The highest BCUT2D eigenvalue weighted by molar-refractivity contribution is 5.71. The van der Waals surface area contributed by atoms with Crippen molar-refractivity contribution in [3.63, 3.8) is 0 Å². The van der Waals surface area contributed by atoms with E-state index in [1.165, 1.54) is 20.0 Å². The van der Waals surface area contributed by atoms with Gasteiger partial charge in [0.15, 0.2) is 0 Å². The first-order chi connectivity index (χ1) is 6.24. The van der Waals surface area contributed by atoms with E-state index in [0.717, 1.165) is 13.1 Å². The number of methoxy groups -OCH3 is 1. The highest BCUT2D eigenvalue weighted by atomic mass is 16.5. The minimum absolute atomic E-state index is 0.159. The maximum Gasteiger partial charge on any atom is 0.319 e. The second kappa shape index (κ2) is 5.19. The van der Waals surface area contributed by atoms with E-state index in [0.29, 0.717) is 12.6 Å². The van der Waals surface area contributed by atoms with Gasteiger partial charge in [-0.15, -0.1) is 0 Å². The molecule has 0 aromatic rings. The molecule has 1 saturated heterocycles. The fourth-order valence-corrected chi connectivity index (χ4v) is 1.61. The van der Waals surface area contributed by atoms with Gasteiger partial charge in [-0.25, -0.2) is 0 Å². The maximum atomic E-state index is 11.0. The number of likely N-dealkylation sites (N-methyl/N-ethyl adjacent to an activating group) is 1. The van der Waals surface area contributed by atoms with Gasteiger partial charge in [0.25, 0.3) is 0 Å². The fraction of sp³-hybridized carbons (Fsp3) is 0.889. The summed E-state index contributed by atoms with van der Waals surface area (Å²) in [5.74, 6) is -0.159. The van der Waals surface area contributed by atoms with Gasteiger partial charge in [-0.2, -0.15) is 0 Å². The van der Waals surface area contributed by atoms with Crippen LogP contribution < -0.4 is 5.32 Å². The molecule has 13 heavy (non-hydrogen) atoms. The zero-order valence-electron chi connectivity index (χ0n) is 8.38. The first-order valence-electron chi connectivity index (χ1n) is 4.72. The van der Waals surface area contributed by atoms with Crippen molar-refractivity contribution in [2.45, 2.75) is 18.9 Å². The molecule has 4 nitrogen and oxygen atoms in total. The molecular formula is C9H18N2O2. The molecule has 0 aliphatic carbocycles. The predicted octanol–water partition coefficient (Wildman–Crippen LogP) is -0.157. The maximum absolute atomic E-state index is 11.0. The number of esters is 1. The summed E-state index contributed by atoms with van der Waals surface area (Å²) in [6.45, 7) is 2.47. The smallest absolute Gasteiger partial charge is 0.319 e. The first kappa shape index (κ1) is 10.5. The van der Waals surface area contributed by atoms with Crippen LogP contribution in [0.15, 0.2) is 0 Å². The third-order valence-electron chi connectivity index (χ3n) is 2.50. The summed E-state index contributed by atoms with van der Waals surface area (Å²) < 4.78 is 4.61. The van der Waals surface area contributed by atoms with Gasteiger partial charge in [0.2, 0.25) is 0 Å². The second-order valence-electron chi connectivity index (χ2n) is 3.49. The lowest BCUT2D eigenvalue weighted by atomic mass is 10.1. The van der Waals surface area contributed by atoms with Crippen molar-refractivity contribution in [2.24, 2.45) is 0 Å². The Balaban J connectivity index is 2.28. The zero-order valence-corrected chi connectivity index (χ0v) is 8.38. The summed E-state index contributed by atoms with van der Waals surface area (Å²) in [5, 5.41) is 3.31. The Bertz CT molecular complexity index is 167. The minimum atomic E-state index is -0.159. The molecule has 1 unspecified atom stereocenters. The highest BCUT2D eigenvalue weighted by Gasteiger charge is 2.19. The van der Waals surface area contributed by atoms with E-state index in [1.807, 2.05) is 7.05 Å². The van der Waals surface area contributed by atoms with Crippen LogP contribution >= 0.6 is 0 Å². The molecule has 1 fully saturated rings. The average Bonchev–Trinajstić information content (AvgIpc) is 2.19. The lowest BCUT2D eigenvalue weighted by molar-refractivity contribution is -0.142. The number of hydrogen-bond acceptors (Lipinski definition) is 4. The molecule has 0 aromatic heterocycles. The Morgan fingerprint density at radius 1 is 1.69 bits per heavy atom. The van der Waals surface area contributed by atoms with Crippen LogP contribution in [-0.2, 0) is 9.53 Å². The predicted molar refractivity (Wildman–Crippen MR) is 50.5 cm³/mol. The first-order valence-corrected chi connectivity index (χ1v) is 4.72. The summed E-state index contributed by atoms with van der Waals surface area (Å²) in [4.78, 5) is 13.0. The van der Waals surface area contributed by atoms with Gasteiger partial charge >= 0.3 is 5.97 Å². The zero-order chi connectivity index (χ0) is 9.68. The Morgan fingerprint density at radius 3 is 3.00 bits per heavy atom. The fourth-order valence-electron chi connectivity index (χ4n) is 1.61. The van der Waals surface area contributed by atoms with Crippen molar-refractivity contribution in [2.75, 3.05) is 33.8 Å². The van der Waals surface area contributed by atoms with Gasteiger partial charge in [0.05, 0.1) is 13.7 Å². The molecule has 76 valence electrons. The molecule has 1 atom stereocenters. The lowest BCUT2D eigenvalue weighted by Crippen LogP contribution is -2.46. The van der Waals surface area contributed by atoms with E-state index in [-0.39, 0.29) is 5.97 Å². The van der Waals surface area contributed by atoms with E-state index < -0.39 is 0 Å². The molecule has 0 spiro atoms. The van der Waals surface area contributed by atoms with Crippen LogP contribution in [0.2, 0.25) is 0 Å². The van der Waals surface area contributed by atoms with Crippen molar-refractivity contribution < 1.29 is 9.53 Å². The Hall–Kier alpha value is -0.610. The van der Waals surface area contributed by atoms with E-state index in [9.17, 15) is 4.79 Å². The third-order valence-corrected chi connectivity index (χ3v) is 2.50. The third kappa shape index (κ3) is 3.32. The SMILES string of the molecule is COC(=O)CN(C)C1CCCNC1. The average molecular weight is 186 g/mol. The van der Waals surface area contributed by atoms with Crippen molar-refractivity contribution >= 4 is 5.97 Å². The molecule has 1 heterocycles. The number of carbonyl (C=O) groups excluding carboxylic acids is 1. The Labute approximate surface area is 79.2 Å². The van der Waals surface area contributed by atoms with Gasteiger partial charge in [-0.05, 0) is 26.4 Å². The van der Waals surface area contributed by atoms with Crippen LogP contribution in [0.3, 0.4) is 0 Å². The van der Waals surface area contributed by atoms with Crippen molar-refractivity contribution in [3.8, 4) is 0 Å². The van der Waals surface area contributed by atoms with Crippen molar-refractivity contribution in [3.05, 3.63) is 0 Å². The molecule has 0 saturated carbocycles. The molecule has 0 radical (unpaired) electrons. The quantitative estimate of drug-likeness (QED) is 0.622. The molecule has 0 aromatic carbocycles. The normalized spacial score (nSPS) is 23.2. The van der Waals surface area contributed by atoms with Gasteiger partial charge in [0, 0.05) is 12.6 Å². The molecule has 1 aliphatic rings. The molecule has 0 bridgehead atoms. The summed E-state index contributed by atoms with van der Waals surface area (Å²) in [7, 11) is 3.39. The van der Waals surface area contributed by atoms with Crippen LogP contribution in [0.1, 0.15) is 12.8 Å². The molecular weight excluding hydrogens is 168 g/mol. The van der Waals surface area contributed by atoms with Crippen LogP contribution in [0.5, 0.6) is 0 Å². The summed E-state index contributed by atoms with van der Waals surface area (Å²) in [5.41, 5.74) is 0. The number of hydrogen-bond donors (Lipinski definition) is 1. The van der Waals surface area contributed by atoms with Crippen LogP contribution in [0, 0.1) is 0 Å². The molecule has 1 rings (SSSR count). The molecule has 0 amide bonds. The number of rotatable bonds is 3. The lowest BCUT2D eigenvalue weighted by Gasteiger charge is -2.30. The Kier molecular flexibility index (Phi) is 4.18. The Morgan fingerprint density at radius 2 is 2.46 bits per heavy atom. The van der Waals surface area contributed by atoms with Crippen molar-refractivity contribution in [1.29, 1.82) is 0 Å². The molecule has 1 N–H and O–H groups in total. The van der Waals surface area contributed by atoms with Crippen molar-refractivity contribution in [1.82, 2.24) is 10.2 Å². The van der Waals surface area contributed by atoms with E-state index in [2.05, 4.69) is 15.0 Å². The molecule has 4 heteroatoms. The monoisotopic (exact) mass is 186 g/mol. The van der Waals surface area contributed by atoms with Crippen LogP contribution in [-0.4, -0.2) is 50.7 Å². The number of nitrogens with one attached hydrogen (secondary N) is 1. The van der Waals surface area contributed by atoms with Crippen LogP contribution in [0.25, 0.3) is 0 Å². The van der Waals surface area contributed by atoms with Crippen LogP contribution in [0.4, 0.5) is 0 Å². The van der Waals surface area contributed by atoms with E-state index in [1.54, 1.807) is 0 Å². The number of carbonyl (C=O) groups is 1. The topological polar surface area (TPSA) is 41.6 Å². The summed E-state index contributed by atoms with van der Waals surface area (Å²) in [6.07, 6.45) is 2.36. The summed E-state index contributed by atoms with van der Waals surface area (Å²) >= 11 is 0. The van der Waals surface area contributed by atoms with E-state index in [4.69, 9.17) is 0 Å². The second-order valence-corrected chi connectivity index (χ2v) is 3.49. The summed E-state index contributed by atoms with van der Waals surface area (Å²) in [6, 6.07) is 0.479. The minimum Gasteiger partial charge on any atom is -0.468 e. The van der Waals surface area contributed by atoms with Gasteiger partial charge in [-0.3, -0.25) is 9.69 Å². The number of piperidine rings is 1. The standard InChI is InChI=1S/C9H18N2O2/c1-11(7-9(12)13-2)8-4-3-5-10-6-8/h8,10H,3-7H2,1-2H3. The number of nitrogens with zero attached hydrogens (tertiary/aromatic N) is 1. The largest absolute Gasteiger partial charge is 0.468 e.